The molecule has 0 aliphatic heterocycles. The molecule has 1 N–H and O–H groups in total. The van der Waals surface area contributed by atoms with Crippen molar-refractivity contribution in [3.05, 3.63) is 60.7 Å². The molecule has 0 aliphatic carbocycles. The van der Waals surface area contributed by atoms with Gasteiger partial charge in [-0.05, 0) is 37.6 Å². The molecule has 0 bridgehead atoms. The van der Waals surface area contributed by atoms with Gasteiger partial charge in [0.25, 0.3) is 0 Å². The van der Waals surface area contributed by atoms with Gasteiger partial charge in [-0.25, -0.2) is 14.1 Å². The van der Waals surface area contributed by atoms with E-state index >= 15 is 0 Å². The SMILES string of the molecule is C[C@H](NCc1ccc(-n2cncn2)c(F)c1)[C@H](C)n1cccn1. The Kier molecular flexibility index (Phi) is 4.47. The van der Waals surface area contributed by atoms with Crippen molar-refractivity contribution in [2.75, 3.05) is 0 Å². The molecule has 0 spiro atoms. The number of benzene rings is 1. The fourth-order valence-corrected chi connectivity index (χ4v) is 2.38. The summed E-state index contributed by atoms with van der Waals surface area (Å²) in [6.45, 7) is 4.77. The van der Waals surface area contributed by atoms with Gasteiger partial charge in [0.1, 0.15) is 24.2 Å². The topological polar surface area (TPSA) is 60.6 Å². The molecule has 0 saturated heterocycles. The zero-order valence-electron chi connectivity index (χ0n) is 13.1. The van der Waals surface area contributed by atoms with Crippen LogP contribution >= 0.6 is 0 Å². The lowest BCUT2D eigenvalue weighted by molar-refractivity contribution is 0.365. The number of rotatable bonds is 6. The number of nitrogens with zero attached hydrogens (tertiary/aromatic N) is 5. The van der Waals surface area contributed by atoms with Crippen molar-refractivity contribution in [3.63, 3.8) is 0 Å². The summed E-state index contributed by atoms with van der Waals surface area (Å²) in [5.41, 5.74) is 1.27. The van der Waals surface area contributed by atoms with E-state index in [1.807, 2.05) is 23.0 Å². The predicted octanol–water partition coefficient (Wildman–Crippen LogP) is 2.34. The molecule has 0 radical (unpaired) electrons. The number of aromatic nitrogens is 5. The number of hydrogen-bond acceptors (Lipinski definition) is 4. The van der Waals surface area contributed by atoms with Gasteiger partial charge in [-0.3, -0.25) is 4.68 Å². The maximum Gasteiger partial charge on any atom is 0.149 e. The largest absolute Gasteiger partial charge is 0.308 e. The average molecular weight is 314 g/mol. The molecule has 0 saturated carbocycles. The Morgan fingerprint density at radius 3 is 2.78 bits per heavy atom. The zero-order valence-corrected chi connectivity index (χ0v) is 13.1. The van der Waals surface area contributed by atoms with E-state index in [4.69, 9.17) is 0 Å². The third-order valence-electron chi connectivity index (χ3n) is 3.97. The van der Waals surface area contributed by atoms with E-state index in [9.17, 15) is 4.39 Å². The second-order valence-corrected chi connectivity index (χ2v) is 5.52. The predicted molar refractivity (Wildman–Crippen MR) is 84.6 cm³/mol. The molecule has 3 aromatic rings. The molecular weight excluding hydrogens is 295 g/mol. The molecule has 1 aromatic carbocycles. The smallest absolute Gasteiger partial charge is 0.149 e. The van der Waals surface area contributed by atoms with Crippen molar-refractivity contribution in [3.8, 4) is 5.69 Å². The van der Waals surface area contributed by atoms with E-state index in [-0.39, 0.29) is 17.9 Å². The highest BCUT2D eigenvalue weighted by Crippen LogP contribution is 2.15. The van der Waals surface area contributed by atoms with Crippen LogP contribution in [0, 0.1) is 5.82 Å². The average Bonchev–Trinajstić information content (AvgIpc) is 3.25. The van der Waals surface area contributed by atoms with Crippen LogP contribution in [0.5, 0.6) is 0 Å². The van der Waals surface area contributed by atoms with Crippen molar-refractivity contribution in [1.82, 2.24) is 29.9 Å². The molecule has 0 unspecified atom stereocenters. The van der Waals surface area contributed by atoms with Gasteiger partial charge in [0, 0.05) is 25.0 Å². The maximum atomic E-state index is 14.2. The van der Waals surface area contributed by atoms with Gasteiger partial charge in [0.15, 0.2) is 0 Å². The van der Waals surface area contributed by atoms with Crippen molar-refractivity contribution >= 4 is 0 Å². The molecule has 2 heterocycles. The van der Waals surface area contributed by atoms with E-state index in [1.165, 1.54) is 23.4 Å². The molecule has 0 amide bonds. The molecule has 6 nitrogen and oxygen atoms in total. The number of halogens is 1. The Hall–Kier alpha value is -2.54. The van der Waals surface area contributed by atoms with Crippen LogP contribution in [0.1, 0.15) is 25.5 Å². The first-order valence-corrected chi connectivity index (χ1v) is 7.51. The molecule has 0 fully saturated rings. The lowest BCUT2D eigenvalue weighted by atomic mass is 10.1. The molecule has 7 heteroatoms. The zero-order chi connectivity index (χ0) is 16.2. The standard InChI is InChI=1S/C16H19FN6/c1-12(13(2)22-7-3-6-20-22)19-9-14-4-5-16(15(17)8-14)23-11-18-10-21-23/h3-8,10-13,19H,9H2,1-2H3/t12-,13-/m0/s1. The van der Waals surface area contributed by atoms with E-state index in [0.717, 1.165) is 5.56 Å². The minimum atomic E-state index is -0.317. The van der Waals surface area contributed by atoms with Gasteiger partial charge in [0.05, 0.1) is 6.04 Å². The highest BCUT2D eigenvalue weighted by atomic mass is 19.1. The van der Waals surface area contributed by atoms with Gasteiger partial charge < -0.3 is 5.32 Å². The highest BCUT2D eigenvalue weighted by Gasteiger charge is 2.14. The molecule has 0 aliphatic rings. The van der Waals surface area contributed by atoms with Crippen LogP contribution in [0.4, 0.5) is 4.39 Å². The minimum absolute atomic E-state index is 0.202. The summed E-state index contributed by atoms with van der Waals surface area (Å²) in [4.78, 5) is 3.83. The van der Waals surface area contributed by atoms with Gasteiger partial charge in [-0.2, -0.15) is 10.2 Å². The van der Waals surface area contributed by atoms with E-state index in [0.29, 0.717) is 12.2 Å². The van der Waals surface area contributed by atoms with Crippen LogP contribution in [0.15, 0.2) is 49.3 Å². The third-order valence-corrected chi connectivity index (χ3v) is 3.97. The molecule has 23 heavy (non-hydrogen) atoms. The molecule has 3 rings (SSSR count). The van der Waals surface area contributed by atoms with Gasteiger partial charge in [0.2, 0.25) is 0 Å². The van der Waals surface area contributed by atoms with Gasteiger partial charge in [-0.1, -0.05) is 6.07 Å². The first-order valence-electron chi connectivity index (χ1n) is 7.51. The first kappa shape index (κ1) is 15.4. The monoisotopic (exact) mass is 314 g/mol. The lowest BCUT2D eigenvalue weighted by Crippen LogP contribution is -2.33. The van der Waals surface area contributed by atoms with Crippen molar-refractivity contribution in [2.24, 2.45) is 0 Å². The molecular formula is C16H19FN6. The maximum absolute atomic E-state index is 14.2. The minimum Gasteiger partial charge on any atom is -0.308 e. The van der Waals surface area contributed by atoms with E-state index < -0.39 is 0 Å². The Morgan fingerprint density at radius 1 is 1.26 bits per heavy atom. The summed E-state index contributed by atoms with van der Waals surface area (Å²) in [5, 5.41) is 11.6. The Bertz CT molecular complexity index is 738. The summed E-state index contributed by atoms with van der Waals surface area (Å²) < 4.78 is 17.5. The van der Waals surface area contributed by atoms with Crippen LogP contribution in [-0.2, 0) is 6.54 Å². The van der Waals surface area contributed by atoms with Crippen LogP contribution in [-0.4, -0.2) is 30.6 Å². The number of hydrogen-bond donors (Lipinski definition) is 1. The summed E-state index contributed by atoms with van der Waals surface area (Å²) in [6.07, 6.45) is 6.56. The summed E-state index contributed by atoms with van der Waals surface area (Å²) >= 11 is 0. The van der Waals surface area contributed by atoms with Crippen LogP contribution in [0.2, 0.25) is 0 Å². The Morgan fingerprint density at radius 2 is 2.13 bits per heavy atom. The molecule has 120 valence electrons. The second kappa shape index (κ2) is 6.70. The van der Waals surface area contributed by atoms with Crippen molar-refractivity contribution < 1.29 is 4.39 Å². The quantitative estimate of drug-likeness (QED) is 0.758. The van der Waals surface area contributed by atoms with Gasteiger partial charge in [-0.15, -0.1) is 0 Å². The molecule has 2 aromatic heterocycles. The van der Waals surface area contributed by atoms with Crippen molar-refractivity contribution in [2.45, 2.75) is 32.5 Å². The van der Waals surface area contributed by atoms with Crippen LogP contribution in [0.25, 0.3) is 5.69 Å². The third kappa shape index (κ3) is 3.45. The summed E-state index contributed by atoms with van der Waals surface area (Å²) in [6, 6.07) is 7.44. The summed E-state index contributed by atoms with van der Waals surface area (Å²) in [7, 11) is 0. The second-order valence-electron chi connectivity index (χ2n) is 5.52. The Labute approximate surface area is 134 Å². The lowest BCUT2D eigenvalue weighted by Gasteiger charge is -2.22. The Balaban J connectivity index is 1.63. The van der Waals surface area contributed by atoms with E-state index in [2.05, 4.69) is 34.3 Å². The van der Waals surface area contributed by atoms with Crippen LogP contribution in [0.3, 0.4) is 0 Å². The van der Waals surface area contributed by atoms with Crippen LogP contribution < -0.4 is 5.32 Å². The first-order chi connectivity index (χ1) is 11.1. The fourth-order valence-electron chi connectivity index (χ4n) is 2.38. The van der Waals surface area contributed by atoms with E-state index in [1.54, 1.807) is 12.3 Å². The highest BCUT2D eigenvalue weighted by molar-refractivity contribution is 5.35. The normalized spacial score (nSPS) is 13.9. The summed E-state index contributed by atoms with van der Waals surface area (Å²) in [5.74, 6) is -0.317. The van der Waals surface area contributed by atoms with Gasteiger partial charge >= 0.3 is 0 Å². The number of nitrogens with one attached hydrogen (secondary N) is 1. The molecule has 2 atom stereocenters. The van der Waals surface area contributed by atoms with Crippen molar-refractivity contribution in [1.29, 1.82) is 0 Å². The fraction of sp³-hybridized carbons (Fsp3) is 0.312.